The quantitative estimate of drug-likeness (QED) is 0.906. The number of rotatable bonds is 5. The molecule has 0 aliphatic carbocycles. The fourth-order valence-electron chi connectivity index (χ4n) is 2.95. The number of carbonyl (C=O) groups is 1. The first-order valence-corrected chi connectivity index (χ1v) is 8.70. The Labute approximate surface area is 139 Å². The molecule has 0 radical (unpaired) electrons. The van der Waals surface area contributed by atoms with E-state index in [1.54, 1.807) is 5.38 Å². The van der Waals surface area contributed by atoms with Gasteiger partial charge in [-0.15, -0.1) is 0 Å². The van der Waals surface area contributed by atoms with Crippen LogP contribution in [-0.4, -0.2) is 34.5 Å². The highest BCUT2D eigenvalue weighted by Crippen LogP contribution is 2.13. The first-order valence-electron chi connectivity index (χ1n) is 7.82. The average Bonchev–Trinajstić information content (AvgIpc) is 3.09. The molecule has 2 heterocycles. The van der Waals surface area contributed by atoms with Crippen LogP contribution >= 0.6 is 11.3 Å². The fraction of sp³-hybridized carbons (Fsp3) is 0.412. The Morgan fingerprint density at radius 3 is 2.83 bits per heavy atom. The predicted molar refractivity (Wildman–Crippen MR) is 91.6 cm³/mol. The Balaban J connectivity index is 1.50. The van der Waals surface area contributed by atoms with Crippen LogP contribution in [0.2, 0.25) is 0 Å². The fourth-order valence-corrected chi connectivity index (χ4v) is 3.68. The summed E-state index contributed by atoms with van der Waals surface area (Å²) >= 11 is 1.14. The molecule has 1 amide bonds. The highest BCUT2D eigenvalue weighted by atomic mass is 32.1. The van der Waals surface area contributed by atoms with Gasteiger partial charge < -0.3 is 5.32 Å². The first kappa shape index (κ1) is 16.0. The molecular formula is C17H21N3O2S. The number of likely N-dealkylation sites (tertiary alicyclic amines) is 1. The molecule has 0 spiro atoms. The lowest BCUT2D eigenvalue weighted by Gasteiger charge is -2.17. The first-order chi connectivity index (χ1) is 11.1. The number of nitrogens with one attached hydrogen (secondary N) is 1. The van der Waals surface area contributed by atoms with Gasteiger partial charge >= 0.3 is 4.87 Å². The second-order valence-electron chi connectivity index (χ2n) is 6.00. The van der Waals surface area contributed by atoms with E-state index in [4.69, 9.17) is 0 Å². The molecule has 5 nitrogen and oxygen atoms in total. The number of amides is 1. The molecule has 1 unspecified atom stereocenters. The molecule has 122 valence electrons. The maximum Gasteiger partial charge on any atom is 0.307 e. The Morgan fingerprint density at radius 2 is 2.13 bits per heavy atom. The lowest BCUT2D eigenvalue weighted by molar-refractivity contribution is -0.122. The molecule has 6 heteroatoms. The minimum Gasteiger partial charge on any atom is -0.350 e. The largest absolute Gasteiger partial charge is 0.350 e. The predicted octanol–water partition coefficient (Wildman–Crippen LogP) is 1.61. The molecule has 1 N–H and O–H groups in total. The van der Waals surface area contributed by atoms with Gasteiger partial charge in [-0.05, 0) is 18.9 Å². The van der Waals surface area contributed by atoms with Crippen LogP contribution < -0.4 is 10.2 Å². The minimum atomic E-state index is -0.0832. The Kier molecular flexibility index (Phi) is 4.93. The summed E-state index contributed by atoms with van der Waals surface area (Å²) in [5.41, 5.74) is 2.13. The molecule has 1 aromatic heterocycles. The van der Waals surface area contributed by atoms with Gasteiger partial charge in [0.1, 0.15) is 6.54 Å². The normalized spacial score (nSPS) is 18.2. The lowest BCUT2D eigenvalue weighted by Crippen LogP contribution is -2.40. The van der Waals surface area contributed by atoms with Crippen LogP contribution in [0.15, 0.2) is 40.5 Å². The van der Waals surface area contributed by atoms with Gasteiger partial charge in [-0.3, -0.25) is 19.1 Å². The Morgan fingerprint density at radius 1 is 1.35 bits per heavy atom. The lowest BCUT2D eigenvalue weighted by atomic mass is 10.2. The Hall–Kier alpha value is -1.92. The summed E-state index contributed by atoms with van der Waals surface area (Å²) in [6.07, 6.45) is 0.954. The maximum absolute atomic E-state index is 12.2. The van der Waals surface area contributed by atoms with Gasteiger partial charge in [0.15, 0.2) is 0 Å². The Bertz CT molecular complexity index is 723. The third-order valence-electron chi connectivity index (χ3n) is 4.16. The molecule has 1 fully saturated rings. The summed E-state index contributed by atoms with van der Waals surface area (Å²) in [5.74, 6) is -0.0832. The molecule has 1 aliphatic heterocycles. The van der Waals surface area contributed by atoms with Crippen LogP contribution in [0.4, 0.5) is 0 Å². The number of hydrogen-bond acceptors (Lipinski definition) is 4. The molecule has 23 heavy (non-hydrogen) atoms. The number of aryl methyl sites for hydroxylation is 1. The van der Waals surface area contributed by atoms with Crippen LogP contribution in [0.25, 0.3) is 0 Å². The number of aromatic nitrogens is 1. The number of nitrogens with zero attached hydrogens (tertiary/aromatic N) is 2. The van der Waals surface area contributed by atoms with Crippen molar-refractivity contribution < 1.29 is 4.79 Å². The highest BCUT2D eigenvalue weighted by Gasteiger charge is 2.24. The summed E-state index contributed by atoms with van der Waals surface area (Å²) < 4.78 is 1.52. The summed E-state index contributed by atoms with van der Waals surface area (Å²) in [6.45, 7) is 4.72. The van der Waals surface area contributed by atoms with Gasteiger partial charge in [-0.1, -0.05) is 41.7 Å². The second kappa shape index (κ2) is 7.10. The third-order valence-corrected chi connectivity index (χ3v) is 5.05. The summed E-state index contributed by atoms with van der Waals surface area (Å²) in [4.78, 5) is 26.1. The van der Waals surface area contributed by atoms with Gasteiger partial charge in [-0.2, -0.15) is 0 Å². The van der Waals surface area contributed by atoms with Crippen molar-refractivity contribution in [2.24, 2.45) is 0 Å². The van der Waals surface area contributed by atoms with Crippen molar-refractivity contribution in [3.63, 3.8) is 0 Å². The van der Waals surface area contributed by atoms with Crippen LogP contribution in [0.5, 0.6) is 0 Å². The van der Waals surface area contributed by atoms with Crippen LogP contribution in [-0.2, 0) is 17.9 Å². The molecular weight excluding hydrogens is 310 g/mol. The molecule has 1 aromatic carbocycles. The van der Waals surface area contributed by atoms with E-state index in [0.29, 0.717) is 0 Å². The molecule has 3 rings (SSSR count). The standard InChI is InChI=1S/C17H21N3O2S/c1-13-12-23-17(22)20(13)11-16(21)18-15-7-8-19(10-15)9-14-5-3-2-4-6-14/h2-6,12,15H,7-11H2,1H3,(H,18,21). The van der Waals surface area contributed by atoms with Crippen molar-refractivity contribution in [3.05, 3.63) is 56.6 Å². The molecule has 1 atom stereocenters. The van der Waals surface area contributed by atoms with E-state index in [1.165, 1.54) is 10.1 Å². The smallest absolute Gasteiger partial charge is 0.307 e. The molecule has 1 aliphatic rings. The van der Waals surface area contributed by atoms with Crippen molar-refractivity contribution in [3.8, 4) is 0 Å². The maximum atomic E-state index is 12.2. The van der Waals surface area contributed by atoms with Gasteiger partial charge in [0.05, 0.1) is 0 Å². The highest BCUT2D eigenvalue weighted by molar-refractivity contribution is 7.07. The summed E-state index contributed by atoms with van der Waals surface area (Å²) in [7, 11) is 0. The van der Waals surface area contributed by atoms with E-state index < -0.39 is 0 Å². The summed E-state index contributed by atoms with van der Waals surface area (Å²) in [5, 5.41) is 4.84. The monoisotopic (exact) mass is 331 g/mol. The van der Waals surface area contributed by atoms with Crippen molar-refractivity contribution in [2.45, 2.75) is 32.5 Å². The zero-order chi connectivity index (χ0) is 16.2. The number of thiazole rings is 1. The molecule has 1 saturated heterocycles. The average molecular weight is 331 g/mol. The van der Waals surface area contributed by atoms with Gasteiger partial charge in [0.2, 0.25) is 5.91 Å². The van der Waals surface area contributed by atoms with E-state index in [2.05, 4.69) is 22.3 Å². The van der Waals surface area contributed by atoms with Crippen molar-refractivity contribution in [1.82, 2.24) is 14.8 Å². The number of benzene rings is 1. The van der Waals surface area contributed by atoms with Gasteiger partial charge in [0, 0.05) is 36.8 Å². The topological polar surface area (TPSA) is 54.3 Å². The number of carbonyl (C=O) groups excluding carboxylic acids is 1. The minimum absolute atomic E-state index is 0.0743. The van der Waals surface area contributed by atoms with Gasteiger partial charge in [0.25, 0.3) is 0 Å². The van der Waals surface area contributed by atoms with Gasteiger partial charge in [-0.25, -0.2) is 0 Å². The van der Waals surface area contributed by atoms with E-state index in [1.807, 2.05) is 25.1 Å². The molecule has 0 bridgehead atoms. The SMILES string of the molecule is Cc1csc(=O)n1CC(=O)NC1CCN(Cc2ccccc2)C1. The van der Waals surface area contributed by atoms with E-state index in [9.17, 15) is 9.59 Å². The van der Waals surface area contributed by atoms with Crippen molar-refractivity contribution >= 4 is 17.2 Å². The zero-order valence-corrected chi connectivity index (χ0v) is 14.0. The van der Waals surface area contributed by atoms with Crippen molar-refractivity contribution in [1.29, 1.82) is 0 Å². The van der Waals surface area contributed by atoms with Crippen molar-refractivity contribution in [2.75, 3.05) is 13.1 Å². The third kappa shape index (κ3) is 4.09. The van der Waals surface area contributed by atoms with Crippen LogP contribution in [0.3, 0.4) is 0 Å². The molecule has 0 saturated carbocycles. The van der Waals surface area contributed by atoms with E-state index in [-0.39, 0.29) is 23.4 Å². The van der Waals surface area contributed by atoms with Crippen LogP contribution in [0, 0.1) is 6.92 Å². The number of hydrogen-bond donors (Lipinski definition) is 1. The van der Waals surface area contributed by atoms with E-state index in [0.717, 1.165) is 43.1 Å². The second-order valence-corrected chi connectivity index (χ2v) is 6.82. The molecule has 2 aromatic rings. The summed E-state index contributed by atoms with van der Waals surface area (Å²) in [6, 6.07) is 10.5. The zero-order valence-electron chi connectivity index (χ0n) is 13.2. The van der Waals surface area contributed by atoms with Crippen LogP contribution in [0.1, 0.15) is 17.7 Å². The van der Waals surface area contributed by atoms with E-state index >= 15 is 0 Å².